The van der Waals surface area contributed by atoms with Gasteiger partial charge >= 0.3 is 0 Å². The van der Waals surface area contributed by atoms with Crippen molar-refractivity contribution in [2.75, 3.05) is 31.2 Å². The minimum Gasteiger partial charge on any atom is -0.391 e. The molecule has 1 aliphatic heterocycles. The predicted molar refractivity (Wildman–Crippen MR) is 60.6 cm³/mol. The third-order valence-corrected chi connectivity index (χ3v) is 2.88. The SMILES string of the molecule is OCc1c(Cl)ncnc1N1CCCOCC1. The Bertz CT molecular complexity index is 354. The maximum Gasteiger partial charge on any atom is 0.140 e. The van der Waals surface area contributed by atoms with E-state index in [9.17, 15) is 5.11 Å². The first-order chi connectivity index (χ1) is 7.83. The van der Waals surface area contributed by atoms with Gasteiger partial charge in [0.2, 0.25) is 0 Å². The molecule has 2 rings (SSSR count). The summed E-state index contributed by atoms with van der Waals surface area (Å²) >= 11 is 5.92. The quantitative estimate of drug-likeness (QED) is 0.781. The Kier molecular flexibility index (Phi) is 3.93. The molecule has 0 amide bonds. The maximum absolute atomic E-state index is 9.28. The summed E-state index contributed by atoms with van der Waals surface area (Å²) in [5.74, 6) is 0.716. The van der Waals surface area contributed by atoms with Gasteiger partial charge in [0.1, 0.15) is 17.3 Å². The van der Waals surface area contributed by atoms with Crippen molar-refractivity contribution in [3.63, 3.8) is 0 Å². The first-order valence-corrected chi connectivity index (χ1v) is 5.63. The molecule has 16 heavy (non-hydrogen) atoms. The van der Waals surface area contributed by atoms with Crippen molar-refractivity contribution in [1.82, 2.24) is 9.97 Å². The number of ether oxygens (including phenoxy) is 1. The fourth-order valence-corrected chi connectivity index (χ4v) is 1.94. The molecule has 0 aromatic carbocycles. The Balaban J connectivity index is 2.27. The number of rotatable bonds is 2. The summed E-state index contributed by atoms with van der Waals surface area (Å²) in [4.78, 5) is 10.1. The number of aliphatic hydroxyl groups excluding tert-OH is 1. The minimum absolute atomic E-state index is 0.146. The number of anilines is 1. The van der Waals surface area contributed by atoms with E-state index in [-0.39, 0.29) is 6.61 Å². The normalized spacial score (nSPS) is 17.2. The monoisotopic (exact) mass is 243 g/mol. The number of hydrogen-bond donors (Lipinski definition) is 1. The average molecular weight is 244 g/mol. The first-order valence-electron chi connectivity index (χ1n) is 5.26. The highest BCUT2D eigenvalue weighted by molar-refractivity contribution is 6.30. The molecule has 1 aromatic rings. The number of aromatic nitrogens is 2. The van der Waals surface area contributed by atoms with Gasteiger partial charge in [0.05, 0.1) is 18.8 Å². The molecule has 1 N–H and O–H groups in total. The number of nitrogens with zero attached hydrogens (tertiary/aromatic N) is 3. The average Bonchev–Trinajstić information content (AvgIpc) is 2.57. The Morgan fingerprint density at radius 3 is 3.06 bits per heavy atom. The van der Waals surface area contributed by atoms with Crippen LogP contribution in [-0.2, 0) is 11.3 Å². The number of hydrogen-bond acceptors (Lipinski definition) is 5. The van der Waals surface area contributed by atoms with Crippen molar-refractivity contribution in [3.05, 3.63) is 17.0 Å². The van der Waals surface area contributed by atoms with Gasteiger partial charge < -0.3 is 14.7 Å². The van der Waals surface area contributed by atoms with Crippen LogP contribution in [-0.4, -0.2) is 41.4 Å². The third-order valence-electron chi connectivity index (χ3n) is 2.55. The largest absolute Gasteiger partial charge is 0.391 e. The van der Waals surface area contributed by atoms with Crippen LogP contribution in [0.5, 0.6) is 0 Å². The first kappa shape index (κ1) is 11.6. The zero-order valence-corrected chi connectivity index (χ0v) is 9.65. The topological polar surface area (TPSA) is 58.5 Å². The van der Waals surface area contributed by atoms with Gasteiger partial charge in [-0.15, -0.1) is 0 Å². The lowest BCUT2D eigenvalue weighted by atomic mass is 10.3. The molecular weight excluding hydrogens is 230 g/mol. The molecule has 0 atom stereocenters. The molecule has 1 aromatic heterocycles. The van der Waals surface area contributed by atoms with Crippen molar-refractivity contribution in [3.8, 4) is 0 Å². The van der Waals surface area contributed by atoms with Gasteiger partial charge in [-0.05, 0) is 6.42 Å². The lowest BCUT2D eigenvalue weighted by Gasteiger charge is -2.22. The summed E-state index contributed by atoms with van der Waals surface area (Å²) in [6.07, 6.45) is 2.37. The van der Waals surface area contributed by atoms with Crippen molar-refractivity contribution in [1.29, 1.82) is 0 Å². The standard InChI is InChI=1S/C10H14ClN3O2/c11-9-8(6-15)10(13-7-12-9)14-2-1-4-16-5-3-14/h7,15H,1-6H2. The van der Waals surface area contributed by atoms with Gasteiger partial charge in [0.25, 0.3) is 0 Å². The van der Waals surface area contributed by atoms with Crippen LogP contribution < -0.4 is 4.90 Å². The summed E-state index contributed by atoms with van der Waals surface area (Å²) in [5, 5.41) is 9.60. The summed E-state index contributed by atoms with van der Waals surface area (Å²) in [7, 11) is 0. The molecule has 0 aliphatic carbocycles. The molecule has 0 bridgehead atoms. The molecule has 0 spiro atoms. The predicted octanol–water partition coefficient (Wildman–Crippen LogP) is 0.849. The molecular formula is C10H14ClN3O2. The smallest absolute Gasteiger partial charge is 0.140 e. The highest BCUT2D eigenvalue weighted by atomic mass is 35.5. The summed E-state index contributed by atoms with van der Waals surface area (Å²) in [6.45, 7) is 2.92. The van der Waals surface area contributed by atoms with E-state index in [2.05, 4.69) is 14.9 Å². The fourth-order valence-electron chi connectivity index (χ4n) is 1.75. The molecule has 5 nitrogen and oxygen atoms in total. The van der Waals surface area contributed by atoms with Crippen LogP contribution in [0.2, 0.25) is 5.15 Å². The molecule has 0 saturated carbocycles. The van der Waals surface area contributed by atoms with Crippen molar-refractivity contribution < 1.29 is 9.84 Å². The summed E-state index contributed by atoms with van der Waals surface area (Å²) < 4.78 is 5.37. The van der Waals surface area contributed by atoms with Crippen LogP contribution in [0.15, 0.2) is 6.33 Å². The molecule has 88 valence electrons. The van der Waals surface area contributed by atoms with Crippen LogP contribution >= 0.6 is 11.6 Å². The van der Waals surface area contributed by atoms with E-state index in [0.29, 0.717) is 23.1 Å². The van der Waals surface area contributed by atoms with E-state index in [1.807, 2.05) is 0 Å². The van der Waals surface area contributed by atoms with Gasteiger partial charge in [-0.1, -0.05) is 11.6 Å². The Labute approximate surface area is 99.0 Å². The zero-order valence-electron chi connectivity index (χ0n) is 8.90. The van der Waals surface area contributed by atoms with E-state index in [1.165, 1.54) is 6.33 Å². The van der Waals surface area contributed by atoms with Gasteiger partial charge in [-0.25, -0.2) is 9.97 Å². The Morgan fingerprint density at radius 2 is 2.25 bits per heavy atom. The van der Waals surface area contributed by atoms with Gasteiger partial charge in [0.15, 0.2) is 0 Å². The molecule has 0 radical (unpaired) electrons. The van der Waals surface area contributed by atoms with Crippen molar-refractivity contribution in [2.24, 2.45) is 0 Å². The van der Waals surface area contributed by atoms with E-state index in [4.69, 9.17) is 16.3 Å². The van der Waals surface area contributed by atoms with Gasteiger partial charge in [-0.2, -0.15) is 0 Å². The lowest BCUT2D eigenvalue weighted by molar-refractivity contribution is 0.152. The molecule has 2 heterocycles. The fraction of sp³-hybridized carbons (Fsp3) is 0.600. The minimum atomic E-state index is -0.146. The van der Waals surface area contributed by atoms with Gasteiger partial charge in [0, 0.05) is 19.7 Å². The van der Waals surface area contributed by atoms with Crippen LogP contribution in [0.25, 0.3) is 0 Å². The molecule has 6 heteroatoms. The summed E-state index contributed by atoms with van der Waals surface area (Å²) in [5.41, 5.74) is 0.589. The van der Waals surface area contributed by atoms with Crippen LogP contribution in [0, 0.1) is 0 Å². The zero-order chi connectivity index (χ0) is 11.4. The Hall–Kier alpha value is -0.910. The molecule has 0 unspecified atom stereocenters. The Morgan fingerprint density at radius 1 is 1.38 bits per heavy atom. The highest BCUT2D eigenvalue weighted by Crippen LogP contribution is 2.23. The second-order valence-corrected chi connectivity index (χ2v) is 3.94. The van der Waals surface area contributed by atoms with Crippen LogP contribution in [0.4, 0.5) is 5.82 Å². The van der Waals surface area contributed by atoms with Gasteiger partial charge in [-0.3, -0.25) is 0 Å². The van der Waals surface area contributed by atoms with E-state index >= 15 is 0 Å². The second-order valence-electron chi connectivity index (χ2n) is 3.58. The van der Waals surface area contributed by atoms with E-state index in [1.54, 1.807) is 0 Å². The van der Waals surface area contributed by atoms with Crippen LogP contribution in [0.1, 0.15) is 12.0 Å². The molecule has 1 saturated heterocycles. The third kappa shape index (κ3) is 2.42. The lowest BCUT2D eigenvalue weighted by Crippen LogP contribution is -2.28. The van der Waals surface area contributed by atoms with Crippen molar-refractivity contribution >= 4 is 17.4 Å². The highest BCUT2D eigenvalue weighted by Gasteiger charge is 2.17. The summed E-state index contributed by atoms with van der Waals surface area (Å²) in [6, 6.07) is 0. The van der Waals surface area contributed by atoms with Crippen molar-refractivity contribution in [2.45, 2.75) is 13.0 Å². The molecule has 1 fully saturated rings. The molecule has 1 aliphatic rings. The number of halogens is 1. The van der Waals surface area contributed by atoms with Crippen LogP contribution in [0.3, 0.4) is 0 Å². The number of aliphatic hydroxyl groups is 1. The second kappa shape index (κ2) is 5.43. The maximum atomic E-state index is 9.28. The van der Waals surface area contributed by atoms with E-state index < -0.39 is 0 Å². The van der Waals surface area contributed by atoms with E-state index in [0.717, 1.165) is 26.1 Å².